The molecule has 9 heteroatoms. The SMILES string of the molecule is Cc1noc(Cl)c1CCC(=O)N1CCCC(O)(C(F)(F)F)C1. The van der Waals surface area contributed by atoms with Crippen LogP contribution in [0.3, 0.4) is 0 Å². The van der Waals surface area contributed by atoms with Gasteiger partial charge in [-0.3, -0.25) is 4.79 Å². The molecule has 2 heterocycles. The van der Waals surface area contributed by atoms with Gasteiger partial charge in [0.2, 0.25) is 11.1 Å². The zero-order valence-corrected chi connectivity index (χ0v) is 12.7. The number of aryl methyl sites for hydroxylation is 1. The summed E-state index contributed by atoms with van der Waals surface area (Å²) in [5, 5.41) is 13.4. The fourth-order valence-corrected chi connectivity index (χ4v) is 2.78. The number of piperidine rings is 1. The van der Waals surface area contributed by atoms with E-state index < -0.39 is 30.7 Å². The van der Waals surface area contributed by atoms with Crippen LogP contribution in [0, 0.1) is 6.92 Å². The lowest BCUT2D eigenvalue weighted by Crippen LogP contribution is -2.58. The van der Waals surface area contributed by atoms with E-state index in [-0.39, 0.29) is 31.0 Å². The molecule has 1 aliphatic rings. The number of carbonyl (C=O) groups is 1. The van der Waals surface area contributed by atoms with Crippen LogP contribution in [0.1, 0.15) is 30.5 Å². The van der Waals surface area contributed by atoms with E-state index in [1.165, 1.54) is 0 Å². The highest BCUT2D eigenvalue weighted by Gasteiger charge is 2.55. The monoisotopic (exact) mass is 340 g/mol. The fourth-order valence-electron chi connectivity index (χ4n) is 2.51. The Morgan fingerprint density at radius 3 is 2.77 bits per heavy atom. The summed E-state index contributed by atoms with van der Waals surface area (Å²) in [5.74, 6) is -0.459. The first-order chi connectivity index (χ1) is 10.1. The summed E-state index contributed by atoms with van der Waals surface area (Å²) in [6.45, 7) is 1.14. The number of aromatic nitrogens is 1. The third-order valence-electron chi connectivity index (χ3n) is 3.88. The second-order valence-electron chi connectivity index (χ2n) is 5.47. The Bertz CT molecular complexity index is 542. The summed E-state index contributed by atoms with van der Waals surface area (Å²) in [7, 11) is 0. The van der Waals surface area contributed by atoms with Gasteiger partial charge < -0.3 is 14.5 Å². The molecular weight excluding hydrogens is 325 g/mol. The molecule has 1 saturated heterocycles. The predicted molar refractivity (Wildman–Crippen MR) is 71.4 cm³/mol. The molecule has 0 bridgehead atoms. The summed E-state index contributed by atoms with van der Waals surface area (Å²) >= 11 is 5.78. The Hall–Kier alpha value is -1.28. The molecule has 124 valence electrons. The number of hydrogen-bond donors (Lipinski definition) is 1. The molecule has 0 saturated carbocycles. The molecule has 5 nitrogen and oxygen atoms in total. The highest BCUT2D eigenvalue weighted by molar-refractivity contribution is 6.29. The maximum absolute atomic E-state index is 12.9. The van der Waals surface area contributed by atoms with Crippen molar-refractivity contribution in [3.63, 3.8) is 0 Å². The highest BCUT2D eigenvalue weighted by Crippen LogP contribution is 2.37. The summed E-state index contributed by atoms with van der Waals surface area (Å²) in [4.78, 5) is 13.1. The molecule has 2 rings (SSSR count). The molecule has 1 aromatic heterocycles. The molecule has 22 heavy (non-hydrogen) atoms. The van der Waals surface area contributed by atoms with Crippen LogP contribution in [0.2, 0.25) is 5.22 Å². The lowest BCUT2D eigenvalue weighted by molar-refractivity contribution is -0.272. The average Bonchev–Trinajstić information content (AvgIpc) is 2.74. The van der Waals surface area contributed by atoms with Crippen molar-refractivity contribution < 1.29 is 27.6 Å². The molecule has 0 aliphatic carbocycles. The van der Waals surface area contributed by atoms with Gasteiger partial charge in [0.1, 0.15) is 0 Å². The highest BCUT2D eigenvalue weighted by atomic mass is 35.5. The molecule has 1 N–H and O–H groups in total. The van der Waals surface area contributed by atoms with Gasteiger partial charge >= 0.3 is 6.18 Å². The van der Waals surface area contributed by atoms with E-state index in [0.29, 0.717) is 11.3 Å². The van der Waals surface area contributed by atoms with Crippen molar-refractivity contribution in [3.05, 3.63) is 16.5 Å². The Kier molecular flexibility index (Phi) is 4.72. The van der Waals surface area contributed by atoms with Crippen LogP contribution < -0.4 is 0 Å². The molecule has 1 fully saturated rings. The standard InChI is InChI=1S/C13H16ClF3N2O3/c1-8-9(11(14)22-18-8)3-4-10(20)19-6-2-5-12(21,7-19)13(15,16)17/h21H,2-7H2,1H3. The third kappa shape index (κ3) is 3.38. The average molecular weight is 341 g/mol. The number of alkyl halides is 3. The second kappa shape index (κ2) is 6.08. The summed E-state index contributed by atoms with van der Waals surface area (Å²) in [5.41, 5.74) is -1.72. The quantitative estimate of drug-likeness (QED) is 0.918. The maximum atomic E-state index is 12.9. The summed E-state index contributed by atoms with van der Waals surface area (Å²) in [6, 6.07) is 0. The van der Waals surface area contributed by atoms with Gasteiger partial charge in [-0.05, 0) is 37.8 Å². The minimum Gasteiger partial charge on any atom is -0.379 e. The van der Waals surface area contributed by atoms with Crippen molar-refractivity contribution in [1.82, 2.24) is 10.1 Å². The number of amides is 1. The Morgan fingerprint density at radius 1 is 1.55 bits per heavy atom. The van der Waals surface area contributed by atoms with Gasteiger partial charge in [-0.1, -0.05) is 5.16 Å². The largest absolute Gasteiger partial charge is 0.418 e. The van der Waals surface area contributed by atoms with Crippen LogP contribution in [-0.4, -0.2) is 45.9 Å². The zero-order chi connectivity index (χ0) is 16.5. The summed E-state index contributed by atoms with van der Waals surface area (Å²) in [6.07, 6.45) is -4.82. The minimum absolute atomic E-state index is 0.0181. The van der Waals surface area contributed by atoms with Crippen molar-refractivity contribution in [3.8, 4) is 0 Å². The third-order valence-corrected chi connectivity index (χ3v) is 4.17. The van der Waals surface area contributed by atoms with Gasteiger partial charge in [0, 0.05) is 18.5 Å². The van der Waals surface area contributed by atoms with Crippen LogP contribution in [0.25, 0.3) is 0 Å². The topological polar surface area (TPSA) is 66.6 Å². The maximum Gasteiger partial charge on any atom is 0.418 e. The Labute approximate surface area is 130 Å². The van der Waals surface area contributed by atoms with E-state index in [1.54, 1.807) is 6.92 Å². The van der Waals surface area contributed by atoms with E-state index in [0.717, 1.165) is 4.90 Å². The van der Waals surface area contributed by atoms with Crippen molar-refractivity contribution >= 4 is 17.5 Å². The Balaban J connectivity index is 1.98. The molecule has 1 atom stereocenters. The van der Waals surface area contributed by atoms with Gasteiger partial charge in [0.15, 0.2) is 5.60 Å². The van der Waals surface area contributed by atoms with Gasteiger partial charge in [0.05, 0.1) is 12.2 Å². The molecule has 0 spiro atoms. The number of hydrogen-bond acceptors (Lipinski definition) is 4. The number of β-amino-alcohol motifs (C(OH)–C–C–N with tert-alkyl or cyclic N) is 1. The molecule has 1 unspecified atom stereocenters. The van der Waals surface area contributed by atoms with E-state index in [1.807, 2.05) is 0 Å². The smallest absolute Gasteiger partial charge is 0.379 e. The number of likely N-dealkylation sites (tertiary alicyclic amines) is 1. The normalized spacial score (nSPS) is 22.9. The van der Waals surface area contributed by atoms with Crippen LogP contribution in [0.4, 0.5) is 13.2 Å². The van der Waals surface area contributed by atoms with Crippen molar-refractivity contribution in [2.24, 2.45) is 0 Å². The van der Waals surface area contributed by atoms with E-state index in [4.69, 9.17) is 16.1 Å². The molecule has 0 aromatic carbocycles. The number of carbonyl (C=O) groups excluding carboxylic acids is 1. The van der Waals surface area contributed by atoms with E-state index >= 15 is 0 Å². The van der Waals surface area contributed by atoms with Crippen molar-refractivity contribution in [1.29, 1.82) is 0 Å². The lowest BCUT2D eigenvalue weighted by Gasteiger charge is -2.40. The first-order valence-electron chi connectivity index (χ1n) is 6.81. The summed E-state index contributed by atoms with van der Waals surface area (Å²) < 4.78 is 43.3. The first kappa shape index (κ1) is 17.1. The van der Waals surface area contributed by atoms with Gasteiger partial charge in [-0.2, -0.15) is 13.2 Å². The molecule has 1 aliphatic heterocycles. The molecule has 1 aromatic rings. The van der Waals surface area contributed by atoms with E-state index in [2.05, 4.69) is 5.16 Å². The fraction of sp³-hybridized carbons (Fsp3) is 0.692. The van der Waals surface area contributed by atoms with Gasteiger partial charge in [-0.25, -0.2) is 0 Å². The number of nitrogens with zero attached hydrogens (tertiary/aromatic N) is 2. The number of aliphatic hydroxyl groups is 1. The van der Waals surface area contributed by atoms with Crippen LogP contribution in [0.5, 0.6) is 0 Å². The number of rotatable bonds is 3. The minimum atomic E-state index is -4.75. The van der Waals surface area contributed by atoms with Gasteiger partial charge in [0.25, 0.3) is 0 Å². The molecule has 1 amide bonds. The van der Waals surface area contributed by atoms with E-state index in [9.17, 15) is 23.1 Å². The number of halogens is 4. The van der Waals surface area contributed by atoms with Crippen LogP contribution in [-0.2, 0) is 11.2 Å². The van der Waals surface area contributed by atoms with Crippen LogP contribution in [0.15, 0.2) is 4.52 Å². The molecule has 0 radical (unpaired) electrons. The predicted octanol–water partition coefficient (Wildman–Crippen LogP) is 2.48. The molecular formula is C13H16ClF3N2O3. The lowest BCUT2D eigenvalue weighted by atomic mass is 9.92. The van der Waals surface area contributed by atoms with Crippen molar-refractivity contribution in [2.45, 2.75) is 44.4 Å². The van der Waals surface area contributed by atoms with Gasteiger partial charge in [-0.15, -0.1) is 0 Å². The Morgan fingerprint density at radius 2 is 2.23 bits per heavy atom. The van der Waals surface area contributed by atoms with Crippen LogP contribution >= 0.6 is 11.6 Å². The second-order valence-corrected chi connectivity index (χ2v) is 5.81. The first-order valence-corrected chi connectivity index (χ1v) is 7.19. The van der Waals surface area contributed by atoms with Crippen molar-refractivity contribution in [2.75, 3.05) is 13.1 Å². The zero-order valence-electron chi connectivity index (χ0n) is 11.9.